The molecule has 8 rings (SSSR count). The molecule has 0 radical (unpaired) electrons. The summed E-state index contributed by atoms with van der Waals surface area (Å²) in [5.74, 6) is 0.525. The quantitative estimate of drug-likeness (QED) is 0.152. The van der Waals surface area contributed by atoms with Crippen molar-refractivity contribution in [3.8, 4) is 55.6 Å². The number of hydrogen-bond donors (Lipinski definition) is 1. The number of allylic oxidation sites excluding steroid dienone is 3. The Morgan fingerprint density at radius 2 is 0.981 bits per heavy atom. The molecule has 0 spiro atoms. The average Bonchev–Trinajstić information content (AvgIpc) is 3.23. The molecule has 52 heavy (non-hydrogen) atoms. The van der Waals surface area contributed by atoms with Gasteiger partial charge in [0.05, 0.1) is 0 Å². The van der Waals surface area contributed by atoms with E-state index in [-0.39, 0.29) is 0 Å². The molecule has 1 aliphatic rings. The molecule has 1 unspecified atom stereocenters. The van der Waals surface area contributed by atoms with E-state index < -0.39 is 0 Å². The number of rotatable bonds is 9. The lowest BCUT2D eigenvalue weighted by molar-refractivity contribution is 0.654. The van der Waals surface area contributed by atoms with Crippen molar-refractivity contribution in [1.82, 2.24) is 0 Å². The molecule has 0 saturated heterocycles. The van der Waals surface area contributed by atoms with Gasteiger partial charge in [-0.15, -0.1) is 0 Å². The minimum atomic E-state index is 0.525. The second-order valence-electron chi connectivity index (χ2n) is 13.7. The summed E-state index contributed by atoms with van der Waals surface area (Å²) in [6.07, 6.45) is 11.3. The van der Waals surface area contributed by atoms with Crippen molar-refractivity contribution in [1.29, 1.82) is 0 Å². The Morgan fingerprint density at radius 1 is 0.500 bits per heavy atom. The van der Waals surface area contributed by atoms with E-state index in [2.05, 4.69) is 194 Å². The van der Waals surface area contributed by atoms with Crippen molar-refractivity contribution in [3.63, 3.8) is 0 Å². The molecule has 1 aliphatic carbocycles. The van der Waals surface area contributed by atoms with Gasteiger partial charge in [-0.2, -0.15) is 0 Å². The van der Waals surface area contributed by atoms with Crippen LogP contribution in [0, 0.1) is 0 Å². The van der Waals surface area contributed by atoms with Gasteiger partial charge in [-0.1, -0.05) is 194 Å². The molecule has 0 aliphatic heterocycles. The molecule has 7 aromatic carbocycles. The molecule has 0 bridgehead atoms. The van der Waals surface area contributed by atoms with Gasteiger partial charge in [0.1, 0.15) is 0 Å². The van der Waals surface area contributed by atoms with E-state index in [1.54, 1.807) is 0 Å². The van der Waals surface area contributed by atoms with E-state index in [0.717, 1.165) is 17.7 Å². The van der Waals surface area contributed by atoms with Gasteiger partial charge in [-0.05, 0) is 98.0 Å². The number of hydrogen-bond acceptors (Lipinski definition) is 1. The van der Waals surface area contributed by atoms with E-state index in [4.69, 9.17) is 5.73 Å². The van der Waals surface area contributed by atoms with E-state index in [1.165, 1.54) is 86.0 Å². The zero-order valence-electron chi connectivity index (χ0n) is 29.5. The molecule has 1 atom stereocenters. The Bertz CT molecular complexity index is 2360. The Labute approximate surface area is 308 Å². The van der Waals surface area contributed by atoms with E-state index in [9.17, 15) is 0 Å². The first-order valence-electron chi connectivity index (χ1n) is 18.5. The summed E-state index contributed by atoms with van der Waals surface area (Å²) in [6, 6.07) is 63.6. The molecule has 7 aromatic rings. The molecule has 0 amide bonds. The van der Waals surface area contributed by atoms with E-state index in [0.29, 0.717) is 5.92 Å². The van der Waals surface area contributed by atoms with Crippen LogP contribution in [0.3, 0.4) is 0 Å². The highest BCUT2D eigenvalue weighted by Gasteiger charge is 2.17. The van der Waals surface area contributed by atoms with Crippen molar-refractivity contribution in [2.75, 3.05) is 0 Å². The van der Waals surface area contributed by atoms with Gasteiger partial charge in [-0.3, -0.25) is 0 Å². The monoisotopic (exact) mass is 669 g/mol. The summed E-state index contributed by atoms with van der Waals surface area (Å²) in [6.45, 7) is 0. The third-order valence-corrected chi connectivity index (χ3v) is 10.4. The first-order valence-corrected chi connectivity index (χ1v) is 18.5. The summed E-state index contributed by atoms with van der Waals surface area (Å²) in [7, 11) is 0. The lowest BCUT2D eigenvalue weighted by Gasteiger charge is -2.19. The van der Waals surface area contributed by atoms with Crippen molar-refractivity contribution >= 4 is 5.70 Å². The minimum Gasteiger partial charge on any atom is -0.398 e. The van der Waals surface area contributed by atoms with Crippen molar-refractivity contribution in [3.05, 3.63) is 211 Å². The molecule has 0 saturated carbocycles. The smallest absolute Gasteiger partial charge is 0.0350 e. The fourth-order valence-corrected chi connectivity index (χ4v) is 7.69. The SMILES string of the molecule is N/C(=C\Cc1cccc(-c2ccccc2-c2ccccc2-c2ccccc2-c2ccccc2-c2ccccc2)c1)c1ccc(C2C=CCCC2)cc1. The molecule has 252 valence electrons. The van der Waals surface area contributed by atoms with Crippen LogP contribution >= 0.6 is 0 Å². The van der Waals surface area contributed by atoms with Gasteiger partial charge in [0, 0.05) is 11.6 Å². The van der Waals surface area contributed by atoms with Crippen molar-refractivity contribution in [2.45, 2.75) is 31.6 Å². The molecular formula is C51H43N. The van der Waals surface area contributed by atoms with Crippen LogP contribution in [0.2, 0.25) is 0 Å². The van der Waals surface area contributed by atoms with Crippen molar-refractivity contribution in [2.24, 2.45) is 5.73 Å². The van der Waals surface area contributed by atoms with Crippen LogP contribution in [-0.4, -0.2) is 0 Å². The molecule has 0 fully saturated rings. The van der Waals surface area contributed by atoms with Gasteiger partial charge < -0.3 is 5.73 Å². The largest absolute Gasteiger partial charge is 0.398 e. The summed E-state index contributed by atoms with van der Waals surface area (Å²) in [5.41, 5.74) is 23.3. The lowest BCUT2D eigenvalue weighted by atomic mass is 9.85. The second kappa shape index (κ2) is 15.4. The number of nitrogens with two attached hydrogens (primary N) is 1. The maximum Gasteiger partial charge on any atom is 0.0350 e. The lowest BCUT2D eigenvalue weighted by Crippen LogP contribution is -2.01. The molecule has 1 nitrogen and oxygen atoms in total. The summed E-state index contributed by atoms with van der Waals surface area (Å²) < 4.78 is 0. The van der Waals surface area contributed by atoms with Gasteiger partial charge >= 0.3 is 0 Å². The Morgan fingerprint density at radius 3 is 1.52 bits per heavy atom. The highest BCUT2D eigenvalue weighted by atomic mass is 14.6. The molecule has 0 heterocycles. The Balaban J connectivity index is 1.11. The van der Waals surface area contributed by atoms with Crippen LogP contribution in [0.15, 0.2) is 194 Å². The van der Waals surface area contributed by atoms with Gasteiger partial charge in [0.2, 0.25) is 0 Å². The van der Waals surface area contributed by atoms with Crippen LogP contribution in [0.25, 0.3) is 61.3 Å². The van der Waals surface area contributed by atoms with Gasteiger partial charge in [0.15, 0.2) is 0 Å². The summed E-state index contributed by atoms with van der Waals surface area (Å²) in [5, 5.41) is 0. The van der Waals surface area contributed by atoms with Crippen LogP contribution in [0.1, 0.15) is 41.9 Å². The van der Waals surface area contributed by atoms with E-state index in [1.807, 2.05) is 0 Å². The third kappa shape index (κ3) is 7.04. The Kier molecular flexibility index (Phi) is 9.75. The highest BCUT2D eigenvalue weighted by Crippen LogP contribution is 2.43. The molecular weight excluding hydrogens is 627 g/mol. The minimum absolute atomic E-state index is 0.525. The summed E-state index contributed by atoms with van der Waals surface area (Å²) >= 11 is 0. The van der Waals surface area contributed by atoms with Gasteiger partial charge in [-0.25, -0.2) is 0 Å². The van der Waals surface area contributed by atoms with Gasteiger partial charge in [0.25, 0.3) is 0 Å². The maximum absolute atomic E-state index is 6.64. The molecule has 0 aromatic heterocycles. The molecule has 2 N–H and O–H groups in total. The zero-order valence-corrected chi connectivity index (χ0v) is 29.5. The van der Waals surface area contributed by atoms with Crippen LogP contribution in [0.4, 0.5) is 0 Å². The van der Waals surface area contributed by atoms with Crippen LogP contribution in [0.5, 0.6) is 0 Å². The zero-order chi connectivity index (χ0) is 35.1. The fraction of sp³-hybridized carbons (Fsp3) is 0.0980. The average molecular weight is 670 g/mol. The standard InChI is InChI=1S/C51H43N/c52-51(41-33-31-39(32-34-41)38-17-3-1-4-18-38)35-30-37-16-15-21-42(36-37)44-23-8-10-25-46(44)48-27-12-14-29-50(48)49-28-13-11-26-47(49)45-24-9-7-22-43(45)40-19-5-2-6-20-40/h2-3,5-17,19-29,31-36,38H,1,4,18,30,52H2/b51-35-. The predicted molar refractivity (Wildman–Crippen MR) is 222 cm³/mol. The van der Waals surface area contributed by atoms with Crippen LogP contribution < -0.4 is 5.73 Å². The number of benzene rings is 7. The third-order valence-electron chi connectivity index (χ3n) is 10.4. The highest BCUT2D eigenvalue weighted by molar-refractivity contribution is 5.98. The first-order chi connectivity index (χ1) is 25.7. The summed E-state index contributed by atoms with van der Waals surface area (Å²) in [4.78, 5) is 0. The van der Waals surface area contributed by atoms with E-state index >= 15 is 0 Å². The second-order valence-corrected chi connectivity index (χ2v) is 13.7. The fourth-order valence-electron chi connectivity index (χ4n) is 7.69. The Hall–Kier alpha value is -6.18. The first kappa shape index (κ1) is 33.0. The van der Waals surface area contributed by atoms with Crippen molar-refractivity contribution < 1.29 is 0 Å². The predicted octanol–water partition coefficient (Wildman–Crippen LogP) is 13.4. The van der Waals surface area contributed by atoms with Crippen LogP contribution in [-0.2, 0) is 6.42 Å². The topological polar surface area (TPSA) is 26.0 Å². The maximum atomic E-state index is 6.64. The normalized spacial score (nSPS) is 14.3. The molecule has 1 heteroatoms.